The van der Waals surface area contributed by atoms with Gasteiger partial charge in [-0.3, -0.25) is 0 Å². The fourth-order valence-corrected chi connectivity index (χ4v) is 2.55. The average molecular weight is 278 g/mol. The van der Waals surface area contributed by atoms with E-state index in [2.05, 4.69) is 5.38 Å². The van der Waals surface area contributed by atoms with Crippen molar-refractivity contribution in [3.8, 4) is 5.75 Å². The highest BCUT2D eigenvalue weighted by molar-refractivity contribution is 7.07. The van der Waals surface area contributed by atoms with E-state index in [9.17, 15) is 5.11 Å². The van der Waals surface area contributed by atoms with Crippen LogP contribution in [0.25, 0.3) is 0 Å². The van der Waals surface area contributed by atoms with Crippen LogP contribution in [0.1, 0.15) is 17.2 Å². The maximum atomic E-state index is 10.3. The summed E-state index contributed by atoms with van der Waals surface area (Å²) in [5, 5.41) is 14.4. The molecule has 2 aromatic rings. The van der Waals surface area contributed by atoms with E-state index in [1.165, 1.54) is 0 Å². The lowest BCUT2D eigenvalue weighted by Gasteiger charge is -2.15. The summed E-state index contributed by atoms with van der Waals surface area (Å²) >= 11 is 1.64. The van der Waals surface area contributed by atoms with E-state index in [1.54, 1.807) is 18.4 Å². The van der Waals surface area contributed by atoms with Crippen molar-refractivity contribution in [2.75, 3.05) is 20.3 Å². The van der Waals surface area contributed by atoms with Crippen molar-refractivity contribution in [3.63, 3.8) is 0 Å². The summed E-state index contributed by atoms with van der Waals surface area (Å²) in [5.41, 5.74) is 1.97. The molecule has 1 aromatic carbocycles. The van der Waals surface area contributed by atoms with E-state index in [4.69, 9.17) is 9.47 Å². The Bertz CT molecular complexity index is 482. The number of hydrogen-bond acceptors (Lipinski definition) is 4. The molecule has 0 aliphatic rings. The second-order valence-corrected chi connectivity index (χ2v) is 5.01. The Morgan fingerprint density at radius 3 is 2.79 bits per heavy atom. The minimum absolute atomic E-state index is 0.485. The third-order valence-corrected chi connectivity index (χ3v) is 3.56. The van der Waals surface area contributed by atoms with Gasteiger partial charge in [-0.1, -0.05) is 18.2 Å². The first-order valence-electron chi connectivity index (χ1n) is 6.21. The molecule has 3 nitrogen and oxygen atoms in total. The molecule has 0 saturated carbocycles. The summed E-state index contributed by atoms with van der Waals surface area (Å²) in [7, 11) is 1.64. The summed E-state index contributed by atoms with van der Waals surface area (Å²) in [4.78, 5) is 0. The quantitative estimate of drug-likeness (QED) is 0.791. The van der Waals surface area contributed by atoms with Gasteiger partial charge < -0.3 is 14.6 Å². The predicted octanol–water partition coefficient (Wildman–Crippen LogP) is 3.05. The maximum Gasteiger partial charge on any atom is 0.125 e. The first-order valence-corrected chi connectivity index (χ1v) is 7.15. The molecule has 0 amide bonds. The highest BCUT2D eigenvalue weighted by Gasteiger charge is 2.14. The van der Waals surface area contributed by atoms with Crippen molar-refractivity contribution in [2.24, 2.45) is 0 Å². The molecule has 0 spiro atoms. The second kappa shape index (κ2) is 7.28. The Balaban J connectivity index is 2.05. The smallest absolute Gasteiger partial charge is 0.125 e. The van der Waals surface area contributed by atoms with E-state index in [1.807, 2.05) is 35.7 Å². The van der Waals surface area contributed by atoms with Gasteiger partial charge in [-0.05, 0) is 28.5 Å². The lowest BCUT2D eigenvalue weighted by atomic mass is 10.0. The highest BCUT2D eigenvalue weighted by atomic mass is 32.1. The predicted molar refractivity (Wildman–Crippen MR) is 76.8 cm³/mol. The largest absolute Gasteiger partial charge is 0.491 e. The Hall–Kier alpha value is -1.36. The molecular formula is C15H18O3S. The Morgan fingerprint density at radius 1 is 1.21 bits per heavy atom. The standard InChI is InChI=1S/C15H18O3S/c1-17-7-8-18-15-5-3-2-4-13(15)14(16)10-12-6-9-19-11-12/h2-6,9,11,14,16H,7-8,10H2,1H3. The van der Waals surface area contributed by atoms with Crippen molar-refractivity contribution >= 4 is 11.3 Å². The van der Waals surface area contributed by atoms with Gasteiger partial charge in [-0.15, -0.1) is 0 Å². The molecule has 1 atom stereocenters. The fraction of sp³-hybridized carbons (Fsp3) is 0.333. The third kappa shape index (κ3) is 4.06. The molecule has 4 heteroatoms. The van der Waals surface area contributed by atoms with Gasteiger partial charge in [0.25, 0.3) is 0 Å². The van der Waals surface area contributed by atoms with Crippen LogP contribution in [0.3, 0.4) is 0 Å². The van der Waals surface area contributed by atoms with Crippen LogP contribution in [-0.2, 0) is 11.2 Å². The summed E-state index contributed by atoms with van der Waals surface area (Å²) in [6.45, 7) is 1.02. The number of ether oxygens (including phenoxy) is 2. The normalized spacial score (nSPS) is 12.3. The zero-order valence-corrected chi connectivity index (χ0v) is 11.7. The first kappa shape index (κ1) is 14.1. The molecule has 0 saturated heterocycles. The van der Waals surface area contributed by atoms with Gasteiger partial charge in [0.05, 0.1) is 12.7 Å². The van der Waals surface area contributed by atoms with Gasteiger partial charge in [0.1, 0.15) is 12.4 Å². The van der Waals surface area contributed by atoms with E-state index < -0.39 is 6.10 Å². The molecule has 0 aliphatic heterocycles. The SMILES string of the molecule is COCCOc1ccccc1C(O)Cc1ccsc1. The molecule has 102 valence electrons. The molecule has 1 N–H and O–H groups in total. The van der Waals surface area contributed by atoms with Gasteiger partial charge >= 0.3 is 0 Å². The van der Waals surface area contributed by atoms with Crippen LogP contribution < -0.4 is 4.74 Å². The first-order chi connectivity index (χ1) is 9.31. The van der Waals surface area contributed by atoms with Crippen LogP contribution >= 0.6 is 11.3 Å². The summed E-state index contributed by atoms with van der Waals surface area (Å²) < 4.78 is 10.6. The molecular weight excluding hydrogens is 260 g/mol. The minimum atomic E-state index is -0.548. The molecule has 0 radical (unpaired) electrons. The lowest BCUT2D eigenvalue weighted by molar-refractivity contribution is 0.138. The van der Waals surface area contributed by atoms with Gasteiger partial charge in [0.15, 0.2) is 0 Å². The molecule has 1 unspecified atom stereocenters. The van der Waals surface area contributed by atoms with Crippen LogP contribution in [0.15, 0.2) is 41.1 Å². The van der Waals surface area contributed by atoms with Crippen molar-refractivity contribution in [1.82, 2.24) is 0 Å². The van der Waals surface area contributed by atoms with E-state index in [0.717, 1.165) is 16.9 Å². The molecule has 0 bridgehead atoms. The summed E-state index contributed by atoms with van der Waals surface area (Å²) in [6, 6.07) is 9.63. The summed E-state index contributed by atoms with van der Waals surface area (Å²) in [5.74, 6) is 0.724. The number of aliphatic hydroxyl groups is 1. The van der Waals surface area contributed by atoms with Crippen molar-refractivity contribution in [3.05, 3.63) is 52.2 Å². The number of benzene rings is 1. The van der Waals surface area contributed by atoms with E-state index in [0.29, 0.717) is 19.6 Å². The van der Waals surface area contributed by atoms with Crippen molar-refractivity contribution in [2.45, 2.75) is 12.5 Å². The Morgan fingerprint density at radius 2 is 2.05 bits per heavy atom. The Labute approximate surface area is 117 Å². The van der Waals surface area contributed by atoms with Crippen molar-refractivity contribution in [1.29, 1.82) is 0 Å². The molecule has 0 fully saturated rings. The second-order valence-electron chi connectivity index (χ2n) is 4.23. The highest BCUT2D eigenvalue weighted by Crippen LogP contribution is 2.28. The van der Waals surface area contributed by atoms with Gasteiger partial charge in [0, 0.05) is 19.1 Å². The van der Waals surface area contributed by atoms with E-state index >= 15 is 0 Å². The molecule has 19 heavy (non-hydrogen) atoms. The van der Waals surface area contributed by atoms with Crippen molar-refractivity contribution < 1.29 is 14.6 Å². The number of hydrogen-bond donors (Lipinski definition) is 1. The van der Waals surface area contributed by atoms with Gasteiger partial charge in [0.2, 0.25) is 0 Å². The van der Waals surface area contributed by atoms with Crippen LogP contribution in [0, 0.1) is 0 Å². The fourth-order valence-electron chi connectivity index (χ4n) is 1.86. The van der Waals surface area contributed by atoms with E-state index in [-0.39, 0.29) is 0 Å². The number of para-hydroxylation sites is 1. The van der Waals surface area contributed by atoms with Gasteiger partial charge in [-0.25, -0.2) is 0 Å². The molecule has 1 heterocycles. The third-order valence-electron chi connectivity index (χ3n) is 2.83. The van der Waals surface area contributed by atoms with Crippen LogP contribution in [0.4, 0.5) is 0 Å². The number of methoxy groups -OCH3 is 1. The molecule has 2 rings (SSSR count). The average Bonchev–Trinajstić information content (AvgIpc) is 2.92. The van der Waals surface area contributed by atoms with Crippen LogP contribution in [-0.4, -0.2) is 25.4 Å². The number of thiophene rings is 1. The lowest BCUT2D eigenvalue weighted by Crippen LogP contribution is -2.08. The topological polar surface area (TPSA) is 38.7 Å². The molecule has 0 aliphatic carbocycles. The molecule has 1 aromatic heterocycles. The van der Waals surface area contributed by atoms with Crippen LogP contribution in [0.5, 0.6) is 5.75 Å². The minimum Gasteiger partial charge on any atom is -0.491 e. The Kier molecular flexibility index (Phi) is 5.39. The number of aliphatic hydroxyl groups excluding tert-OH is 1. The monoisotopic (exact) mass is 278 g/mol. The van der Waals surface area contributed by atoms with Gasteiger partial charge in [-0.2, -0.15) is 11.3 Å². The summed E-state index contributed by atoms with van der Waals surface area (Å²) in [6.07, 6.45) is 0.0575. The number of rotatable bonds is 7. The van der Waals surface area contributed by atoms with Crippen LogP contribution in [0.2, 0.25) is 0 Å². The zero-order chi connectivity index (χ0) is 13.5. The zero-order valence-electron chi connectivity index (χ0n) is 10.9. The maximum absolute atomic E-state index is 10.3.